The molecule has 0 radical (unpaired) electrons. The fourth-order valence-corrected chi connectivity index (χ4v) is 0.824. The molecule has 7 heteroatoms. The third-order valence-electron chi connectivity index (χ3n) is 1.34. The van der Waals surface area contributed by atoms with Crippen LogP contribution in [0, 0.1) is 0 Å². The number of carbonyl (C=O) groups is 2. The number of halogens is 4. The first-order valence-corrected chi connectivity index (χ1v) is 4.00. The Kier molecular flexibility index (Phi) is 4.54. The van der Waals surface area contributed by atoms with Gasteiger partial charge in [0, 0.05) is 6.61 Å². The van der Waals surface area contributed by atoms with Crippen LogP contribution in [0.25, 0.3) is 0 Å². The molecule has 0 N–H and O–H groups in total. The summed E-state index contributed by atoms with van der Waals surface area (Å²) in [5.41, 5.74) is 0. The van der Waals surface area contributed by atoms with Gasteiger partial charge in [-0.2, -0.15) is 13.2 Å². The van der Waals surface area contributed by atoms with E-state index in [1.54, 1.807) is 0 Å². The number of Topliss-reactive ketones (excluding diaryl/α,β-unsaturated/α-hetero) is 1. The van der Waals surface area contributed by atoms with Crippen LogP contribution in [0.2, 0.25) is 0 Å². The van der Waals surface area contributed by atoms with Gasteiger partial charge in [-0.15, -0.1) is 0 Å². The molecule has 0 aromatic heterocycles. The molecule has 1 atom stereocenters. The number of carbonyl (C=O) groups excluding carboxylic acids is 2. The molecule has 0 fully saturated rings. The van der Waals surface area contributed by atoms with Crippen molar-refractivity contribution in [3.63, 3.8) is 0 Å². The van der Waals surface area contributed by atoms with Crippen molar-refractivity contribution in [1.29, 1.82) is 0 Å². The minimum atomic E-state index is -5.14. The number of rotatable bonds is 5. The van der Waals surface area contributed by atoms with Gasteiger partial charge in [0.05, 0.1) is 6.61 Å². The molecule has 0 aliphatic carbocycles. The van der Waals surface area contributed by atoms with E-state index in [1.165, 1.54) is 6.92 Å². The molecule has 0 aromatic rings. The van der Waals surface area contributed by atoms with E-state index in [2.05, 4.69) is 4.74 Å². The lowest BCUT2D eigenvalue weighted by Gasteiger charge is -2.19. The summed E-state index contributed by atoms with van der Waals surface area (Å²) in [6.07, 6.45) is -5.40. The molecule has 3 nitrogen and oxygen atoms in total. The maximum absolute atomic E-state index is 11.9. The minimum Gasteiger partial charge on any atom is -0.379 e. The van der Waals surface area contributed by atoms with Crippen molar-refractivity contribution in [3.05, 3.63) is 0 Å². The summed E-state index contributed by atoms with van der Waals surface area (Å²) in [5, 5.41) is 0. The Hall–Kier alpha value is -0.620. The van der Waals surface area contributed by atoms with E-state index in [1.807, 2.05) is 0 Å². The molecule has 0 aliphatic rings. The molecule has 0 saturated heterocycles. The molecule has 0 spiro atoms. The van der Waals surface area contributed by atoms with E-state index in [-0.39, 0.29) is 12.9 Å². The van der Waals surface area contributed by atoms with E-state index < -0.39 is 23.4 Å². The Labute approximate surface area is 83.2 Å². The number of hydrogen-bond donors (Lipinski definition) is 0. The van der Waals surface area contributed by atoms with Gasteiger partial charge in [0.2, 0.25) is 0 Å². The third kappa shape index (κ3) is 3.26. The maximum Gasteiger partial charge on any atom is 0.452 e. The van der Waals surface area contributed by atoms with E-state index in [9.17, 15) is 22.8 Å². The van der Waals surface area contributed by atoms with Crippen LogP contribution in [0.1, 0.15) is 6.92 Å². The molecule has 0 aromatic carbocycles. The van der Waals surface area contributed by atoms with Gasteiger partial charge in [0.25, 0.3) is 5.78 Å². The van der Waals surface area contributed by atoms with Gasteiger partial charge in [0.1, 0.15) is 0 Å². The molecule has 0 amide bonds. The summed E-state index contributed by atoms with van der Waals surface area (Å²) in [4.78, 5) is 18.3. The Morgan fingerprint density at radius 2 is 2.00 bits per heavy atom. The van der Waals surface area contributed by atoms with Crippen LogP contribution in [0.5, 0.6) is 0 Å². The second kappa shape index (κ2) is 4.75. The highest BCUT2D eigenvalue weighted by Gasteiger charge is 2.52. The Morgan fingerprint density at radius 3 is 2.29 bits per heavy atom. The van der Waals surface area contributed by atoms with Gasteiger partial charge in [-0.25, -0.2) is 0 Å². The average molecular weight is 233 g/mol. The lowest BCUT2D eigenvalue weighted by molar-refractivity contribution is -0.175. The zero-order chi connectivity index (χ0) is 11.4. The zero-order valence-corrected chi connectivity index (χ0v) is 7.98. The molecule has 82 valence electrons. The first-order valence-electron chi connectivity index (χ1n) is 3.62. The SMILES string of the molecule is CCOCC(Cl)(C=O)C(=O)C(F)(F)F. The fraction of sp³-hybridized carbons (Fsp3) is 0.714. The normalized spacial score (nSPS) is 16.1. The van der Waals surface area contributed by atoms with Gasteiger partial charge >= 0.3 is 6.18 Å². The van der Waals surface area contributed by atoms with Gasteiger partial charge in [0.15, 0.2) is 11.2 Å². The van der Waals surface area contributed by atoms with Crippen molar-refractivity contribution in [2.45, 2.75) is 18.0 Å². The zero-order valence-electron chi connectivity index (χ0n) is 7.23. The van der Waals surface area contributed by atoms with Gasteiger partial charge in [-0.3, -0.25) is 4.79 Å². The number of aldehydes is 1. The Morgan fingerprint density at radius 1 is 1.50 bits per heavy atom. The van der Waals surface area contributed by atoms with Crippen LogP contribution >= 0.6 is 11.6 Å². The van der Waals surface area contributed by atoms with Gasteiger partial charge < -0.3 is 9.53 Å². The summed E-state index contributed by atoms with van der Waals surface area (Å²) in [6.45, 7) is 0.778. The highest BCUT2D eigenvalue weighted by Crippen LogP contribution is 2.27. The quantitative estimate of drug-likeness (QED) is 0.408. The van der Waals surface area contributed by atoms with Crippen LogP contribution in [0.15, 0.2) is 0 Å². The molecule has 0 heterocycles. The van der Waals surface area contributed by atoms with Crippen molar-refractivity contribution >= 4 is 23.7 Å². The smallest absolute Gasteiger partial charge is 0.379 e. The van der Waals surface area contributed by atoms with E-state index in [0.29, 0.717) is 0 Å². The molecular weight excluding hydrogens is 225 g/mol. The van der Waals surface area contributed by atoms with Crippen LogP contribution in [-0.4, -0.2) is 36.3 Å². The lowest BCUT2D eigenvalue weighted by atomic mass is 10.1. The molecule has 14 heavy (non-hydrogen) atoms. The Balaban J connectivity index is 4.68. The first-order chi connectivity index (χ1) is 6.28. The average Bonchev–Trinajstić information content (AvgIpc) is 2.11. The van der Waals surface area contributed by atoms with E-state index >= 15 is 0 Å². The van der Waals surface area contributed by atoms with Crippen molar-refractivity contribution < 1.29 is 27.5 Å². The number of ketones is 1. The molecule has 0 saturated carbocycles. The topological polar surface area (TPSA) is 43.4 Å². The van der Waals surface area contributed by atoms with E-state index in [0.717, 1.165) is 0 Å². The summed E-state index contributed by atoms with van der Waals surface area (Å²) < 4.78 is 40.3. The van der Waals surface area contributed by atoms with Crippen molar-refractivity contribution in [3.8, 4) is 0 Å². The Bertz CT molecular complexity index is 229. The van der Waals surface area contributed by atoms with Gasteiger partial charge in [-0.05, 0) is 6.92 Å². The van der Waals surface area contributed by atoms with E-state index in [4.69, 9.17) is 11.6 Å². The number of alkyl halides is 4. The largest absolute Gasteiger partial charge is 0.452 e. The summed E-state index contributed by atoms with van der Waals surface area (Å²) in [7, 11) is 0. The van der Waals surface area contributed by atoms with Crippen LogP contribution in [0.3, 0.4) is 0 Å². The van der Waals surface area contributed by atoms with Crippen LogP contribution in [0.4, 0.5) is 13.2 Å². The lowest BCUT2D eigenvalue weighted by Crippen LogP contribution is -2.47. The molecule has 0 rings (SSSR count). The summed E-state index contributed by atoms with van der Waals surface area (Å²) >= 11 is 5.18. The standard InChI is InChI=1S/C7H8ClF3O3/c1-2-14-4-6(8,3-12)5(13)7(9,10)11/h3H,2,4H2,1H3. The van der Waals surface area contributed by atoms with Crippen molar-refractivity contribution in [2.75, 3.05) is 13.2 Å². The predicted molar refractivity (Wildman–Crippen MR) is 42.2 cm³/mol. The number of ether oxygens (including phenoxy) is 1. The van der Waals surface area contributed by atoms with Crippen molar-refractivity contribution in [2.24, 2.45) is 0 Å². The maximum atomic E-state index is 11.9. The third-order valence-corrected chi connectivity index (χ3v) is 1.71. The summed E-state index contributed by atoms with van der Waals surface area (Å²) in [6, 6.07) is 0. The fourth-order valence-electron chi connectivity index (χ4n) is 0.639. The first kappa shape index (κ1) is 13.4. The van der Waals surface area contributed by atoms with Crippen LogP contribution in [-0.2, 0) is 14.3 Å². The second-order valence-corrected chi connectivity index (χ2v) is 3.12. The minimum absolute atomic E-state index is 0.0629. The van der Waals surface area contributed by atoms with Crippen LogP contribution < -0.4 is 0 Å². The molecular formula is C7H8ClF3O3. The highest BCUT2D eigenvalue weighted by atomic mass is 35.5. The summed E-state index contributed by atoms with van der Waals surface area (Å²) in [5.74, 6) is -2.31. The molecule has 1 unspecified atom stereocenters. The molecule has 0 bridgehead atoms. The molecule has 0 aliphatic heterocycles. The number of hydrogen-bond acceptors (Lipinski definition) is 3. The highest BCUT2D eigenvalue weighted by molar-refractivity contribution is 6.44. The predicted octanol–water partition coefficient (Wildman–Crippen LogP) is 1.33. The van der Waals surface area contributed by atoms with Crippen molar-refractivity contribution in [1.82, 2.24) is 0 Å². The van der Waals surface area contributed by atoms with Gasteiger partial charge in [-0.1, -0.05) is 11.6 Å². The second-order valence-electron chi connectivity index (χ2n) is 2.44. The monoisotopic (exact) mass is 232 g/mol.